The molecule has 0 atom stereocenters. The van der Waals surface area contributed by atoms with Crippen molar-refractivity contribution in [2.24, 2.45) is 0 Å². The second-order valence-electron chi connectivity index (χ2n) is 4.71. The minimum atomic E-state index is 0.975. The SMILES string of the molecule is CCN(Cc1cccs1)Cc1cc(CNC)sc1C. The maximum absolute atomic E-state index is 3.23. The third-order valence-electron chi connectivity index (χ3n) is 3.22. The van der Waals surface area contributed by atoms with Crippen molar-refractivity contribution in [3.8, 4) is 0 Å². The van der Waals surface area contributed by atoms with Crippen LogP contribution in [0, 0.1) is 6.92 Å². The van der Waals surface area contributed by atoms with E-state index in [0.29, 0.717) is 0 Å². The summed E-state index contributed by atoms with van der Waals surface area (Å²) >= 11 is 3.76. The minimum Gasteiger partial charge on any atom is -0.315 e. The van der Waals surface area contributed by atoms with Crippen LogP contribution in [0.5, 0.6) is 0 Å². The van der Waals surface area contributed by atoms with Crippen LogP contribution in [0.15, 0.2) is 23.6 Å². The van der Waals surface area contributed by atoms with Gasteiger partial charge in [0.15, 0.2) is 0 Å². The van der Waals surface area contributed by atoms with Gasteiger partial charge in [0.05, 0.1) is 0 Å². The molecule has 2 aromatic rings. The molecule has 0 aliphatic heterocycles. The fraction of sp³-hybridized carbons (Fsp3) is 0.467. The van der Waals surface area contributed by atoms with E-state index in [9.17, 15) is 0 Å². The van der Waals surface area contributed by atoms with Crippen LogP contribution in [0.2, 0.25) is 0 Å². The van der Waals surface area contributed by atoms with Gasteiger partial charge in [-0.05, 0) is 43.6 Å². The Labute approximate surface area is 124 Å². The van der Waals surface area contributed by atoms with E-state index >= 15 is 0 Å². The molecule has 4 heteroatoms. The number of nitrogens with one attached hydrogen (secondary N) is 1. The molecule has 2 rings (SSSR count). The van der Waals surface area contributed by atoms with E-state index < -0.39 is 0 Å². The lowest BCUT2D eigenvalue weighted by atomic mass is 10.2. The average molecular weight is 294 g/mol. The summed E-state index contributed by atoms with van der Waals surface area (Å²) in [4.78, 5) is 6.84. The van der Waals surface area contributed by atoms with Gasteiger partial charge in [-0.3, -0.25) is 4.90 Å². The van der Waals surface area contributed by atoms with Crippen LogP contribution in [-0.2, 0) is 19.6 Å². The summed E-state index contributed by atoms with van der Waals surface area (Å²) in [7, 11) is 2.00. The molecule has 0 saturated carbocycles. The molecule has 0 aromatic carbocycles. The molecule has 0 aliphatic rings. The molecule has 104 valence electrons. The highest BCUT2D eigenvalue weighted by Crippen LogP contribution is 2.24. The van der Waals surface area contributed by atoms with E-state index in [4.69, 9.17) is 0 Å². The standard InChI is InChI=1S/C15H22N2S2/c1-4-17(11-14-6-5-7-18-14)10-13-8-15(9-16-3)19-12(13)2/h5-8,16H,4,9-11H2,1-3H3. The smallest absolute Gasteiger partial charge is 0.0331 e. The summed E-state index contributed by atoms with van der Waals surface area (Å²) in [5.74, 6) is 0. The van der Waals surface area contributed by atoms with E-state index in [1.165, 1.54) is 20.2 Å². The molecule has 0 fully saturated rings. The highest BCUT2D eigenvalue weighted by molar-refractivity contribution is 7.12. The zero-order valence-electron chi connectivity index (χ0n) is 11.9. The van der Waals surface area contributed by atoms with Gasteiger partial charge in [-0.1, -0.05) is 13.0 Å². The maximum atomic E-state index is 3.23. The lowest BCUT2D eigenvalue weighted by Crippen LogP contribution is -2.21. The molecule has 0 spiro atoms. The quantitative estimate of drug-likeness (QED) is 0.834. The summed E-state index contributed by atoms with van der Waals surface area (Å²) in [6, 6.07) is 6.71. The summed E-state index contributed by atoms with van der Waals surface area (Å²) in [5, 5.41) is 5.38. The Kier molecular flexibility index (Phi) is 5.58. The summed E-state index contributed by atoms with van der Waals surface area (Å²) in [6.45, 7) is 8.66. The van der Waals surface area contributed by atoms with Crippen molar-refractivity contribution in [2.45, 2.75) is 33.5 Å². The Morgan fingerprint density at radius 3 is 2.74 bits per heavy atom. The Morgan fingerprint density at radius 1 is 1.26 bits per heavy atom. The molecule has 19 heavy (non-hydrogen) atoms. The van der Waals surface area contributed by atoms with Crippen LogP contribution < -0.4 is 5.32 Å². The first-order valence-corrected chi connectivity index (χ1v) is 8.40. The monoisotopic (exact) mass is 294 g/mol. The predicted octanol–water partition coefficient (Wildman–Crippen LogP) is 3.86. The average Bonchev–Trinajstić information content (AvgIpc) is 3.00. The molecule has 1 N–H and O–H groups in total. The van der Waals surface area contributed by atoms with Gasteiger partial charge in [-0.25, -0.2) is 0 Å². The first-order chi connectivity index (χ1) is 9.22. The lowest BCUT2D eigenvalue weighted by molar-refractivity contribution is 0.273. The third-order valence-corrected chi connectivity index (χ3v) is 5.18. The molecule has 0 aliphatic carbocycles. The van der Waals surface area contributed by atoms with Gasteiger partial charge < -0.3 is 5.32 Å². The largest absolute Gasteiger partial charge is 0.315 e. The van der Waals surface area contributed by atoms with E-state index in [2.05, 4.69) is 47.6 Å². The number of rotatable bonds is 7. The van der Waals surface area contributed by atoms with Crippen molar-refractivity contribution in [1.82, 2.24) is 10.2 Å². The van der Waals surface area contributed by atoms with Gasteiger partial charge in [0.2, 0.25) is 0 Å². The minimum absolute atomic E-state index is 0.975. The van der Waals surface area contributed by atoms with Crippen LogP contribution in [-0.4, -0.2) is 18.5 Å². The van der Waals surface area contributed by atoms with Crippen LogP contribution in [0.3, 0.4) is 0 Å². The molecule has 0 radical (unpaired) electrons. The normalized spacial score (nSPS) is 11.4. The Bertz CT molecular complexity index is 488. The molecule has 0 unspecified atom stereocenters. The summed E-state index contributed by atoms with van der Waals surface area (Å²) in [6.07, 6.45) is 0. The van der Waals surface area contributed by atoms with Crippen molar-refractivity contribution >= 4 is 22.7 Å². The lowest BCUT2D eigenvalue weighted by Gasteiger charge is -2.19. The Hall–Kier alpha value is -0.680. The summed E-state index contributed by atoms with van der Waals surface area (Å²) < 4.78 is 0. The number of hydrogen-bond acceptors (Lipinski definition) is 4. The maximum Gasteiger partial charge on any atom is 0.0331 e. The van der Waals surface area contributed by atoms with Crippen molar-refractivity contribution in [3.63, 3.8) is 0 Å². The predicted molar refractivity (Wildman–Crippen MR) is 85.9 cm³/mol. The molecule has 2 aromatic heterocycles. The molecule has 0 bridgehead atoms. The zero-order valence-corrected chi connectivity index (χ0v) is 13.5. The molecule has 2 nitrogen and oxygen atoms in total. The Balaban J connectivity index is 2.01. The van der Waals surface area contributed by atoms with Crippen LogP contribution in [0.4, 0.5) is 0 Å². The van der Waals surface area contributed by atoms with Crippen molar-refractivity contribution in [1.29, 1.82) is 0 Å². The second kappa shape index (κ2) is 7.20. The van der Waals surface area contributed by atoms with Crippen LogP contribution in [0.1, 0.15) is 27.1 Å². The van der Waals surface area contributed by atoms with Gasteiger partial charge in [0, 0.05) is 34.3 Å². The fourth-order valence-electron chi connectivity index (χ4n) is 2.15. The second-order valence-corrected chi connectivity index (χ2v) is 7.08. The third kappa shape index (κ3) is 4.14. The Morgan fingerprint density at radius 2 is 2.11 bits per heavy atom. The van der Waals surface area contributed by atoms with E-state index in [-0.39, 0.29) is 0 Å². The molecular formula is C15H22N2S2. The molecular weight excluding hydrogens is 272 g/mol. The van der Waals surface area contributed by atoms with Crippen LogP contribution in [0.25, 0.3) is 0 Å². The highest BCUT2D eigenvalue weighted by Gasteiger charge is 2.10. The van der Waals surface area contributed by atoms with E-state index in [1.54, 1.807) is 0 Å². The van der Waals surface area contributed by atoms with E-state index in [1.807, 2.05) is 29.7 Å². The van der Waals surface area contributed by atoms with Gasteiger partial charge in [0.1, 0.15) is 0 Å². The zero-order chi connectivity index (χ0) is 13.7. The van der Waals surface area contributed by atoms with Crippen LogP contribution >= 0.6 is 22.7 Å². The topological polar surface area (TPSA) is 15.3 Å². The number of aryl methyl sites for hydroxylation is 1. The first kappa shape index (κ1) is 14.7. The van der Waals surface area contributed by atoms with Crippen molar-refractivity contribution in [3.05, 3.63) is 43.8 Å². The van der Waals surface area contributed by atoms with Gasteiger partial charge in [0.25, 0.3) is 0 Å². The molecule has 0 amide bonds. The first-order valence-electron chi connectivity index (χ1n) is 6.70. The highest BCUT2D eigenvalue weighted by atomic mass is 32.1. The number of hydrogen-bond donors (Lipinski definition) is 1. The fourth-order valence-corrected chi connectivity index (χ4v) is 3.96. The van der Waals surface area contributed by atoms with Crippen molar-refractivity contribution in [2.75, 3.05) is 13.6 Å². The van der Waals surface area contributed by atoms with E-state index in [0.717, 1.165) is 26.2 Å². The van der Waals surface area contributed by atoms with Gasteiger partial charge in [-0.15, -0.1) is 22.7 Å². The molecule has 2 heterocycles. The number of nitrogens with zero attached hydrogens (tertiary/aromatic N) is 1. The van der Waals surface area contributed by atoms with Gasteiger partial charge in [-0.2, -0.15) is 0 Å². The number of thiophene rings is 2. The summed E-state index contributed by atoms with van der Waals surface area (Å²) in [5.41, 5.74) is 1.48. The van der Waals surface area contributed by atoms with Crippen molar-refractivity contribution < 1.29 is 0 Å². The van der Waals surface area contributed by atoms with Gasteiger partial charge >= 0.3 is 0 Å². The molecule has 0 saturated heterocycles.